The van der Waals surface area contributed by atoms with Crippen LogP contribution >= 0.6 is 0 Å². The monoisotopic (exact) mass is 506 g/mol. The number of Topliss-reactive ketones (excluding diaryl/α,β-unsaturated/α-hetero) is 1. The van der Waals surface area contributed by atoms with Crippen molar-refractivity contribution in [3.8, 4) is 0 Å². The first-order valence-corrected chi connectivity index (χ1v) is 15.9. The number of hydrogen-bond donors (Lipinski definition) is 1. The molecule has 1 heterocycles. The van der Waals surface area contributed by atoms with Crippen molar-refractivity contribution < 1.29 is 4.79 Å². The zero-order valence-corrected chi connectivity index (χ0v) is 24.5. The standard InChI is InChI=1S/C34H54N2O/c1-23(2)9-8-10-24(3)28-12-13-29-32-30(15-18-34(28,29)5)33(4)17-14-27(21-25(33)22-31(32)37)36-20-16-26-11-6-7-19-35-26/h6-7,11,19,23-25,27-30,32,36H,8-10,12-18,20-22H2,1-5H3/t24-,25-,27-,28-,29+,30+,32+,33+,34-/m1/s1. The number of aromatic nitrogens is 1. The molecule has 5 rings (SSSR count). The van der Waals surface area contributed by atoms with Gasteiger partial charge in [-0.3, -0.25) is 9.78 Å². The fourth-order valence-corrected chi connectivity index (χ4v) is 10.1. The minimum absolute atomic E-state index is 0.349. The molecule has 1 N–H and O–H groups in total. The molecule has 37 heavy (non-hydrogen) atoms. The molecule has 0 spiro atoms. The molecule has 0 unspecified atom stereocenters. The largest absolute Gasteiger partial charge is 0.314 e. The smallest absolute Gasteiger partial charge is 0.136 e. The van der Waals surface area contributed by atoms with Gasteiger partial charge in [0.1, 0.15) is 5.78 Å². The molecule has 3 heteroatoms. The first-order chi connectivity index (χ1) is 17.7. The Balaban J connectivity index is 1.21. The molecular weight excluding hydrogens is 452 g/mol. The maximum atomic E-state index is 13.9. The van der Waals surface area contributed by atoms with Crippen molar-refractivity contribution in [3.05, 3.63) is 30.1 Å². The van der Waals surface area contributed by atoms with Gasteiger partial charge in [-0.2, -0.15) is 0 Å². The summed E-state index contributed by atoms with van der Waals surface area (Å²) in [5, 5.41) is 3.84. The summed E-state index contributed by atoms with van der Waals surface area (Å²) in [5.74, 6) is 5.27. The number of nitrogens with zero attached hydrogens (tertiary/aromatic N) is 1. The molecule has 4 saturated carbocycles. The Morgan fingerprint density at radius 1 is 1.00 bits per heavy atom. The molecule has 1 aromatic heterocycles. The predicted molar refractivity (Wildman–Crippen MR) is 153 cm³/mol. The first-order valence-electron chi connectivity index (χ1n) is 15.9. The average molecular weight is 507 g/mol. The van der Waals surface area contributed by atoms with E-state index in [1.165, 1.54) is 69.9 Å². The van der Waals surface area contributed by atoms with Crippen LogP contribution in [-0.2, 0) is 11.2 Å². The maximum Gasteiger partial charge on any atom is 0.136 e. The van der Waals surface area contributed by atoms with Crippen LogP contribution in [0.2, 0.25) is 0 Å². The molecule has 0 bridgehead atoms. The molecule has 0 saturated heterocycles. The highest BCUT2D eigenvalue weighted by molar-refractivity contribution is 5.83. The Hall–Kier alpha value is -1.22. The van der Waals surface area contributed by atoms with Crippen molar-refractivity contribution in [3.63, 3.8) is 0 Å². The van der Waals surface area contributed by atoms with Crippen molar-refractivity contribution in [1.82, 2.24) is 10.3 Å². The van der Waals surface area contributed by atoms with E-state index in [2.05, 4.69) is 57.1 Å². The van der Waals surface area contributed by atoms with Crippen LogP contribution in [-0.4, -0.2) is 23.4 Å². The summed E-state index contributed by atoms with van der Waals surface area (Å²) in [6, 6.07) is 6.74. The van der Waals surface area contributed by atoms with Crippen LogP contribution in [0.3, 0.4) is 0 Å². The molecule has 4 fully saturated rings. The van der Waals surface area contributed by atoms with E-state index in [1.807, 2.05) is 12.3 Å². The molecule has 0 radical (unpaired) electrons. The highest BCUT2D eigenvalue weighted by atomic mass is 16.1. The molecule has 3 nitrogen and oxygen atoms in total. The number of hydrogen-bond acceptors (Lipinski definition) is 3. The Labute approximate surface area is 227 Å². The SMILES string of the molecule is CC(C)CCC[C@@H](C)[C@H]1CC[C@H]2[C@@H]3C(=O)C[C@H]4C[C@H](NCCc5ccccn5)CC[C@]4(C)[C@H]3CC[C@]12C. The van der Waals surface area contributed by atoms with Gasteiger partial charge in [-0.15, -0.1) is 0 Å². The van der Waals surface area contributed by atoms with E-state index in [1.54, 1.807) is 0 Å². The molecule has 0 aromatic carbocycles. The zero-order valence-electron chi connectivity index (χ0n) is 24.5. The minimum atomic E-state index is 0.349. The fourth-order valence-electron chi connectivity index (χ4n) is 10.1. The first kappa shape index (κ1) is 27.4. The van der Waals surface area contributed by atoms with E-state index >= 15 is 0 Å². The van der Waals surface area contributed by atoms with Crippen molar-refractivity contribution in [2.75, 3.05) is 6.54 Å². The van der Waals surface area contributed by atoms with Gasteiger partial charge in [0.2, 0.25) is 0 Å². The summed E-state index contributed by atoms with van der Waals surface area (Å²) in [6.07, 6.45) is 16.9. The van der Waals surface area contributed by atoms with Crippen LogP contribution in [0.25, 0.3) is 0 Å². The van der Waals surface area contributed by atoms with Gasteiger partial charge >= 0.3 is 0 Å². The van der Waals surface area contributed by atoms with Crippen molar-refractivity contribution in [2.45, 2.75) is 118 Å². The second-order valence-corrected chi connectivity index (χ2v) is 14.6. The van der Waals surface area contributed by atoms with Gasteiger partial charge in [0.25, 0.3) is 0 Å². The van der Waals surface area contributed by atoms with Crippen molar-refractivity contribution in [1.29, 1.82) is 0 Å². The number of pyridine rings is 1. The Bertz CT molecular complexity index is 914. The van der Waals surface area contributed by atoms with Gasteiger partial charge in [-0.25, -0.2) is 0 Å². The van der Waals surface area contributed by atoms with E-state index in [4.69, 9.17) is 0 Å². The van der Waals surface area contributed by atoms with Crippen molar-refractivity contribution in [2.24, 2.45) is 52.3 Å². The lowest BCUT2D eigenvalue weighted by Gasteiger charge is -2.60. The summed E-state index contributed by atoms with van der Waals surface area (Å²) in [7, 11) is 0. The third-order valence-corrected chi connectivity index (χ3v) is 12.2. The van der Waals surface area contributed by atoms with E-state index in [0.717, 1.165) is 37.1 Å². The van der Waals surface area contributed by atoms with Gasteiger partial charge in [-0.05, 0) is 103 Å². The molecule has 4 aliphatic rings. The van der Waals surface area contributed by atoms with Crippen LogP contribution in [0.4, 0.5) is 0 Å². The minimum Gasteiger partial charge on any atom is -0.314 e. The number of ketones is 1. The van der Waals surface area contributed by atoms with E-state index < -0.39 is 0 Å². The van der Waals surface area contributed by atoms with Gasteiger partial charge in [0, 0.05) is 43.2 Å². The van der Waals surface area contributed by atoms with Gasteiger partial charge in [0.05, 0.1) is 0 Å². The normalized spacial score (nSPS) is 40.2. The molecule has 4 aliphatic carbocycles. The molecule has 9 atom stereocenters. The van der Waals surface area contributed by atoms with Crippen LogP contribution in [0.15, 0.2) is 24.4 Å². The predicted octanol–water partition coefficient (Wildman–Crippen LogP) is 7.88. The Kier molecular flexibility index (Phi) is 8.21. The summed E-state index contributed by atoms with van der Waals surface area (Å²) in [6.45, 7) is 13.4. The fraction of sp³-hybridized carbons (Fsp3) is 0.824. The Morgan fingerprint density at radius 3 is 2.54 bits per heavy atom. The molecule has 0 amide bonds. The zero-order chi connectivity index (χ0) is 26.2. The lowest BCUT2D eigenvalue weighted by molar-refractivity contribution is -0.157. The molecule has 1 aromatic rings. The molecular formula is C34H54N2O. The summed E-state index contributed by atoms with van der Waals surface area (Å²) in [5.41, 5.74) is 1.92. The molecule has 206 valence electrons. The van der Waals surface area contributed by atoms with Gasteiger partial charge in [0.15, 0.2) is 0 Å². The summed E-state index contributed by atoms with van der Waals surface area (Å²) >= 11 is 0. The Morgan fingerprint density at radius 2 is 1.78 bits per heavy atom. The highest BCUT2D eigenvalue weighted by Gasteiger charge is 2.63. The number of carbonyl (C=O) groups is 1. The summed E-state index contributed by atoms with van der Waals surface area (Å²) < 4.78 is 0. The van der Waals surface area contributed by atoms with E-state index in [-0.39, 0.29) is 0 Å². The quantitative estimate of drug-likeness (QED) is 0.370. The highest BCUT2D eigenvalue weighted by Crippen LogP contribution is 2.67. The lowest BCUT2D eigenvalue weighted by atomic mass is 9.44. The van der Waals surface area contributed by atoms with Gasteiger partial charge < -0.3 is 5.32 Å². The van der Waals surface area contributed by atoms with Crippen LogP contribution in [0.5, 0.6) is 0 Å². The van der Waals surface area contributed by atoms with Crippen LogP contribution in [0.1, 0.15) is 111 Å². The number of rotatable bonds is 9. The topological polar surface area (TPSA) is 42.0 Å². The van der Waals surface area contributed by atoms with Gasteiger partial charge in [-0.1, -0.05) is 59.9 Å². The number of nitrogens with one attached hydrogen (secondary N) is 1. The third kappa shape index (κ3) is 5.32. The number of carbonyl (C=O) groups excluding carboxylic acids is 1. The van der Waals surface area contributed by atoms with Crippen LogP contribution in [0, 0.1) is 52.3 Å². The second-order valence-electron chi connectivity index (χ2n) is 14.6. The van der Waals surface area contributed by atoms with Crippen molar-refractivity contribution >= 4 is 5.78 Å². The van der Waals surface area contributed by atoms with E-state index in [9.17, 15) is 4.79 Å². The maximum absolute atomic E-state index is 13.9. The average Bonchev–Trinajstić information content (AvgIpc) is 3.22. The molecule has 0 aliphatic heterocycles. The lowest BCUT2D eigenvalue weighted by Crippen LogP contribution is -2.58. The van der Waals surface area contributed by atoms with Crippen LogP contribution < -0.4 is 5.32 Å². The summed E-state index contributed by atoms with van der Waals surface area (Å²) in [4.78, 5) is 18.4. The third-order valence-electron chi connectivity index (χ3n) is 12.2. The number of fused-ring (bicyclic) bond motifs is 5. The van der Waals surface area contributed by atoms with E-state index in [0.29, 0.717) is 46.3 Å². The second kappa shape index (κ2) is 11.1.